The Kier molecular flexibility index (Phi) is 5.54. The first-order valence-corrected chi connectivity index (χ1v) is 10.8. The standard InChI is InChI=1S/C26H24N6O/c1-17-13-21(14-18(2)28-17)23-24(20-11-7-4-8-12-20)30-26(27)32-25(23)29-22(31-32)16-33-15-19-9-5-3-6-10-19/h3-14H,15-16H2,1-2H3,(H2,27,30). The highest BCUT2D eigenvalue weighted by Crippen LogP contribution is 2.35. The molecule has 3 aromatic heterocycles. The zero-order chi connectivity index (χ0) is 22.8. The van der Waals surface area contributed by atoms with Gasteiger partial charge in [0.2, 0.25) is 5.95 Å². The molecule has 0 saturated carbocycles. The summed E-state index contributed by atoms with van der Waals surface area (Å²) in [5, 5.41) is 4.59. The predicted octanol–water partition coefficient (Wildman–Crippen LogP) is 4.77. The molecule has 33 heavy (non-hydrogen) atoms. The number of aromatic nitrogens is 5. The van der Waals surface area contributed by atoms with E-state index >= 15 is 0 Å². The summed E-state index contributed by atoms with van der Waals surface area (Å²) in [7, 11) is 0. The lowest BCUT2D eigenvalue weighted by Gasteiger charge is -2.13. The van der Waals surface area contributed by atoms with Crippen molar-refractivity contribution >= 4 is 11.6 Å². The fourth-order valence-electron chi connectivity index (χ4n) is 3.95. The molecular formula is C26H24N6O. The number of rotatable bonds is 6. The molecular weight excluding hydrogens is 412 g/mol. The van der Waals surface area contributed by atoms with E-state index < -0.39 is 0 Å². The quantitative estimate of drug-likeness (QED) is 0.412. The third-order valence-corrected chi connectivity index (χ3v) is 5.31. The third kappa shape index (κ3) is 4.31. The predicted molar refractivity (Wildman–Crippen MR) is 128 cm³/mol. The molecule has 0 fully saturated rings. The Bertz CT molecular complexity index is 1390. The second kappa shape index (κ2) is 8.80. The lowest BCUT2D eigenvalue weighted by molar-refractivity contribution is 0.102. The van der Waals surface area contributed by atoms with Gasteiger partial charge in [0.05, 0.1) is 17.9 Å². The maximum atomic E-state index is 6.33. The number of nitrogen functional groups attached to an aromatic ring is 1. The molecule has 2 N–H and O–H groups in total. The lowest BCUT2D eigenvalue weighted by Crippen LogP contribution is -2.06. The van der Waals surface area contributed by atoms with Crippen molar-refractivity contribution in [1.29, 1.82) is 0 Å². The number of hydrogen-bond acceptors (Lipinski definition) is 6. The Balaban J connectivity index is 1.61. The van der Waals surface area contributed by atoms with Crippen LogP contribution in [0.3, 0.4) is 0 Å². The van der Waals surface area contributed by atoms with Gasteiger partial charge in [-0.1, -0.05) is 60.7 Å². The molecule has 2 aromatic carbocycles. The van der Waals surface area contributed by atoms with Gasteiger partial charge in [-0.2, -0.15) is 4.52 Å². The molecule has 0 atom stereocenters. The molecule has 0 aliphatic heterocycles. The summed E-state index contributed by atoms with van der Waals surface area (Å²) in [6, 6.07) is 24.1. The average molecular weight is 437 g/mol. The number of nitrogens with zero attached hydrogens (tertiary/aromatic N) is 5. The summed E-state index contributed by atoms with van der Waals surface area (Å²) >= 11 is 0. The number of benzene rings is 2. The molecule has 0 spiro atoms. The van der Waals surface area contributed by atoms with Gasteiger partial charge in [0, 0.05) is 17.0 Å². The highest BCUT2D eigenvalue weighted by molar-refractivity contribution is 5.90. The Labute approximate surface area is 191 Å². The van der Waals surface area contributed by atoms with Crippen LogP contribution in [0.4, 0.5) is 5.95 Å². The van der Waals surface area contributed by atoms with E-state index in [-0.39, 0.29) is 12.6 Å². The highest BCUT2D eigenvalue weighted by Gasteiger charge is 2.20. The first kappa shape index (κ1) is 20.8. The van der Waals surface area contributed by atoms with Crippen molar-refractivity contribution in [2.75, 3.05) is 5.73 Å². The van der Waals surface area contributed by atoms with Gasteiger partial charge in [-0.25, -0.2) is 9.97 Å². The van der Waals surface area contributed by atoms with Crippen LogP contribution in [0.15, 0.2) is 72.8 Å². The van der Waals surface area contributed by atoms with Crippen LogP contribution in [0.5, 0.6) is 0 Å². The van der Waals surface area contributed by atoms with Crippen LogP contribution in [0.1, 0.15) is 22.8 Å². The van der Waals surface area contributed by atoms with Gasteiger partial charge < -0.3 is 10.5 Å². The number of hydrogen-bond donors (Lipinski definition) is 1. The molecule has 0 aliphatic rings. The van der Waals surface area contributed by atoms with E-state index in [1.165, 1.54) is 0 Å². The van der Waals surface area contributed by atoms with Crippen molar-refractivity contribution in [3.63, 3.8) is 0 Å². The number of nitrogens with two attached hydrogens (primary N) is 1. The Hall–Kier alpha value is -4.10. The average Bonchev–Trinajstić information content (AvgIpc) is 3.24. The van der Waals surface area contributed by atoms with E-state index in [4.69, 9.17) is 20.4 Å². The Morgan fingerprint density at radius 3 is 2.15 bits per heavy atom. The first-order valence-electron chi connectivity index (χ1n) is 10.8. The van der Waals surface area contributed by atoms with Gasteiger partial charge in [0.25, 0.3) is 0 Å². The van der Waals surface area contributed by atoms with Crippen LogP contribution >= 0.6 is 0 Å². The van der Waals surface area contributed by atoms with Crippen molar-refractivity contribution in [2.24, 2.45) is 0 Å². The van der Waals surface area contributed by atoms with Crippen molar-refractivity contribution in [1.82, 2.24) is 24.6 Å². The number of pyridine rings is 1. The van der Waals surface area contributed by atoms with Gasteiger partial charge in [0.15, 0.2) is 11.5 Å². The first-order chi connectivity index (χ1) is 16.1. The van der Waals surface area contributed by atoms with Crippen LogP contribution < -0.4 is 5.73 Å². The Morgan fingerprint density at radius 1 is 0.788 bits per heavy atom. The van der Waals surface area contributed by atoms with Gasteiger partial charge in [-0.05, 0) is 37.1 Å². The lowest BCUT2D eigenvalue weighted by atomic mass is 9.99. The zero-order valence-corrected chi connectivity index (χ0v) is 18.6. The second-order valence-electron chi connectivity index (χ2n) is 7.94. The van der Waals surface area contributed by atoms with Crippen LogP contribution in [-0.4, -0.2) is 24.6 Å². The summed E-state index contributed by atoms with van der Waals surface area (Å²) < 4.78 is 7.46. The zero-order valence-electron chi connectivity index (χ0n) is 18.6. The maximum absolute atomic E-state index is 6.33. The van der Waals surface area contributed by atoms with Gasteiger partial charge in [-0.15, -0.1) is 5.10 Å². The van der Waals surface area contributed by atoms with E-state index in [0.29, 0.717) is 18.1 Å². The van der Waals surface area contributed by atoms with Crippen LogP contribution in [0.25, 0.3) is 28.0 Å². The Morgan fingerprint density at radius 2 is 1.45 bits per heavy atom. The monoisotopic (exact) mass is 436 g/mol. The van der Waals surface area contributed by atoms with Crippen LogP contribution in [0.2, 0.25) is 0 Å². The van der Waals surface area contributed by atoms with Crippen molar-refractivity contribution in [3.05, 3.63) is 95.6 Å². The van der Waals surface area contributed by atoms with Crippen molar-refractivity contribution in [2.45, 2.75) is 27.1 Å². The minimum Gasteiger partial charge on any atom is -0.369 e. The largest absolute Gasteiger partial charge is 0.369 e. The van der Waals surface area contributed by atoms with Crippen molar-refractivity contribution in [3.8, 4) is 22.4 Å². The molecule has 0 saturated heterocycles. The molecule has 5 aromatic rings. The smallest absolute Gasteiger partial charge is 0.223 e. The van der Waals surface area contributed by atoms with E-state index in [0.717, 1.165) is 39.3 Å². The normalized spacial score (nSPS) is 11.2. The van der Waals surface area contributed by atoms with E-state index in [2.05, 4.69) is 10.1 Å². The summed E-state index contributed by atoms with van der Waals surface area (Å²) in [5.74, 6) is 0.824. The fraction of sp³-hybridized carbons (Fsp3) is 0.154. The second-order valence-corrected chi connectivity index (χ2v) is 7.94. The minimum atomic E-state index is 0.268. The number of aryl methyl sites for hydroxylation is 2. The molecule has 5 rings (SSSR count). The molecule has 164 valence electrons. The van der Waals surface area contributed by atoms with Crippen molar-refractivity contribution < 1.29 is 4.74 Å². The fourth-order valence-corrected chi connectivity index (χ4v) is 3.95. The SMILES string of the molecule is Cc1cc(-c2c(-c3ccccc3)nc(N)n3nc(COCc4ccccc4)nc23)cc(C)n1. The molecule has 0 unspecified atom stereocenters. The van der Waals surface area contributed by atoms with Gasteiger partial charge in [-0.3, -0.25) is 4.98 Å². The number of fused-ring (bicyclic) bond motifs is 1. The molecule has 0 amide bonds. The molecule has 7 heteroatoms. The van der Waals surface area contributed by atoms with E-state index in [1.807, 2.05) is 86.6 Å². The third-order valence-electron chi connectivity index (χ3n) is 5.31. The summed E-state index contributed by atoms with van der Waals surface area (Å²) in [6.45, 7) is 4.71. The van der Waals surface area contributed by atoms with Gasteiger partial charge >= 0.3 is 0 Å². The molecule has 0 radical (unpaired) electrons. The minimum absolute atomic E-state index is 0.268. The van der Waals surface area contributed by atoms with Crippen LogP contribution in [-0.2, 0) is 18.0 Å². The summed E-state index contributed by atoms with van der Waals surface area (Å²) in [5.41, 5.74) is 13.5. The molecule has 3 heterocycles. The van der Waals surface area contributed by atoms with Crippen LogP contribution in [0, 0.1) is 13.8 Å². The van der Waals surface area contributed by atoms with Gasteiger partial charge in [0.1, 0.15) is 6.61 Å². The topological polar surface area (TPSA) is 91.2 Å². The molecule has 0 bridgehead atoms. The molecule has 7 nitrogen and oxygen atoms in total. The maximum Gasteiger partial charge on any atom is 0.223 e. The van der Waals surface area contributed by atoms with E-state index in [9.17, 15) is 0 Å². The number of ether oxygens (including phenoxy) is 1. The molecule has 0 aliphatic carbocycles. The highest BCUT2D eigenvalue weighted by atomic mass is 16.5. The van der Waals surface area contributed by atoms with E-state index in [1.54, 1.807) is 4.52 Å². The summed E-state index contributed by atoms with van der Waals surface area (Å²) in [6.07, 6.45) is 0. The summed E-state index contributed by atoms with van der Waals surface area (Å²) in [4.78, 5) is 14.1. The number of anilines is 1.